The molecule has 0 saturated carbocycles. The summed E-state index contributed by atoms with van der Waals surface area (Å²) < 4.78 is 0.674. The van der Waals surface area contributed by atoms with Crippen molar-refractivity contribution in [1.29, 1.82) is 0 Å². The van der Waals surface area contributed by atoms with Crippen LogP contribution in [0.2, 0.25) is 0 Å². The lowest BCUT2D eigenvalue weighted by atomic mass is 10.0. The number of carbonyl (C=O) groups excluding carboxylic acids is 1. The average Bonchev–Trinajstić information content (AvgIpc) is 2.61. The fourth-order valence-corrected chi connectivity index (χ4v) is 3.98. The smallest absolute Gasteiger partial charge is 0.105 e. The molecule has 0 bridgehead atoms. The minimum absolute atomic E-state index is 0.108. The lowest BCUT2D eigenvalue weighted by Gasteiger charge is -2.32. The first-order valence-corrected chi connectivity index (χ1v) is 12.1. The van der Waals surface area contributed by atoms with Crippen LogP contribution in [-0.4, -0.2) is 48.8 Å². The van der Waals surface area contributed by atoms with Gasteiger partial charge in [-0.1, -0.05) is 96.8 Å². The van der Waals surface area contributed by atoms with E-state index >= 15 is 0 Å². The first-order valence-electron chi connectivity index (χ1n) is 12.1. The van der Waals surface area contributed by atoms with Gasteiger partial charge in [-0.05, 0) is 12.8 Å². The Labute approximate surface area is 175 Å². The molecule has 1 atom stereocenters. The zero-order valence-corrected chi connectivity index (χ0v) is 19.2. The van der Waals surface area contributed by atoms with Crippen LogP contribution in [0.1, 0.15) is 116 Å². The van der Waals surface area contributed by atoms with E-state index in [4.69, 9.17) is 0 Å². The number of aliphatic carboxylic acids is 1. The molecule has 168 valence electrons. The van der Waals surface area contributed by atoms with Gasteiger partial charge in [-0.25, -0.2) is 0 Å². The van der Waals surface area contributed by atoms with Crippen LogP contribution in [0.3, 0.4) is 0 Å². The molecule has 0 radical (unpaired) electrons. The lowest BCUT2D eigenvalue weighted by molar-refractivity contribution is -0.893. The molecule has 28 heavy (non-hydrogen) atoms. The van der Waals surface area contributed by atoms with Crippen LogP contribution in [0.25, 0.3) is 0 Å². The normalized spacial score (nSPS) is 13.0. The van der Waals surface area contributed by atoms with Gasteiger partial charge in [-0.15, -0.1) is 0 Å². The fourth-order valence-electron chi connectivity index (χ4n) is 3.98. The van der Waals surface area contributed by atoms with Gasteiger partial charge < -0.3 is 19.5 Å². The molecule has 0 spiro atoms. The summed E-state index contributed by atoms with van der Waals surface area (Å²) in [7, 11) is 4.12. The third-order valence-electron chi connectivity index (χ3n) is 5.74. The highest BCUT2D eigenvalue weighted by atomic mass is 16.4. The van der Waals surface area contributed by atoms with Gasteiger partial charge in [0.05, 0.1) is 20.6 Å². The number of unbranched alkanes of at least 4 members (excludes halogenated alkanes) is 13. The van der Waals surface area contributed by atoms with E-state index in [1.807, 2.05) is 0 Å². The van der Waals surface area contributed by atoms with E-state index in [0.29, 0.717) is 17.4 Å². The summed E-state index contributed by atoms with van der Waals surface area (Å²) in [5.41, 5.74) is 0. The van der Waals surface area contributed by atoms with Crippen molar-refractivity contribution in [1.82, 2.24) is 0 Å². The van der Waals surface area contributed by atoms with Gasteiger partial charge in [0.2, 0.25) is 0 Å². The fraction of sp³-hybridized carbons (Fsp3) is 0.958. The van der Waals surface area contributed by atoms with E-state index in [-0.39, 0.29) is 12.5 Å². The first kappa shape index (κ1) is 27.4. The number of aliphatic hydroxyl groups excluding tert-OH is 1. The number of rotatable bonds is 21. The number of likely N-dealkylation sites (N-methyl/N-ethyl adjacent to an activating group) is 1. The third kappa shape index (κ3) is 20.1. The Kier molecular flexibility index (Phi) is 18.0. The first-order chi connectivity index (χ1) is 13.4. The maximum atomic E-state index is 10.5. The molecule has 0 aliphatic heterocycles. The van der Waals surface area contributed by atoms with Crippen molar-refractivity contribution in [2.24, 2.45) is 0 Å². The molecule has 0 aromatic heterocycles. The Morgan fingerprint density at radius 3 is 1.64 bits per heavy atom. The molecule has 0 aliphatic rings. The zero-order valence-electron chi connectivity index (χ0n) is 19.2. The number of carbonyl (C=O) groups is 1. The number of nitrogens with zero attached hydrogens (tertiary/aromatic N) is 1. The molecule has 0 aromatic carbocycles. The summed E-state index contributed by atoms with van der Waals surface area (Å²) in [4.78, 5) is 10.5. The van der Waals surface area contributed by atoms with Crippen LogP contribution in [0.15, 0.2) is 0 Å². The third-order valence-corrected chi connectivity index (χ3v) is 5.74. The highest BCUT2D eigenvalue weighted by Crippen LogP contribution is 2.14. The number of hydrogen-bond donors (Lipinski definition) is 1. The number of aliphatic hydroxyl groups is 1. The Morgan fingerprint density at radius 1 is 0.786 bits per heavy atom. The molecule has 0 aromatic rings. The zero-order chi connectivity index (χ0) is 21.1. The van der Waals surface area contributed by atoms with E-state index in [1.165, 1.54) is 83.5 Å². The monoisotopic (exact) mass is 399 g/mol. The molecule has 1 unspecified atom stereocenters. The van der Waals surface area contributed by atoms with Crippen molar-refractivity contribution in [2.45, 2.75) is 122 Å². The molecule has 0 saturated heterocycles. The van der Waals surface area contributed by atoms with Gasteiger partial charge in [0.1, 0.15) is 12.6 Å². The molecular formula is C24H49NO3. The number of carboxylic acid groups (broad SMARTS) is 1. The van der Waals surface area contributed by atoms with Crippen LogP contribution < -0.4 is 5.11 Å². The molecule has 0 amide bonds. The topological polar surface area (TPSA) is 60.4 Å². The van der Waals surface area contributed by atoms with Gasteiger partial charge in [0.25, 0.3) is 0 Å². The van der Waals surface area contributed by atoms with Crippen LogP contribution in [0, 0.1) is 0 Å². The second-order valence-electron chi connectivity index (χ2n) is 9.36. The maximum absolute atomic E-state index is 10.5. The Bertz CT molecular complexity index is 358. The van der Waals surface area contributed by atoms with E-state index in [9.17, 15) is 15.0 Å². The van der Waals surface area contributed by atoms with Crippen LogP contribution >= 0.6 is 0 Å². The van der Waals surface area contributed by atoms with Crippen molar-refractivity contribution >= 4 is 5.97 Å². The second-order valence-corrected chi connectivity index (χ2v) is 9.36. The van der Waals surface area contributed by atoms with E-state index < -0.39 is 5.97 Å². The molecule has 4 heteroatoms. The predicted molar refractivity (Wildman–Crippen MR) is 117 cm³/mol. The van der Waals surface area contributed by atoms with E-state index in [1.54, 1.807) is 0 Å². The summed E-state index contributed by atoms with van der Waals surface area (Å²) in [6, 6.07) is 0. The second kappa shape index (κ2) is 18.4. The van der Waals surface area contributed by atoms with Crippen molar-refractivity contribution < 1.29 is 19.5 Å². The molecule has 4 nitrogen and oxygen atoms in total. The highest BCUT2D eigenvalue weighted by Gasteiger charge is 2.19. The van der Waals surface area contributed by atoms with Crippen molar-refractivity contribution in [3.05, 3.63) is 0 Å². The van der Waals surface area contributed by atoms with Gasteiger partial charge in [-0.2, -0.15) is 0 Å². The molecule has 0 aliphatic carbocycles. The van der Waals surface area contributed by atoms with E-state index in [2.05, 4.69) is 21.0 Å². The summed E-state index contributed by atoms with van der Waals surface area (Å²) in [5.74, 6) is -0.983. The number of hydrogen-bond acceptors (Lipinski definition) is 3. The summed E-state index contributed by atoms with van der Waals surface area (Å²) in [6.07, 6.45) is 20.2. The van der Waals surface area contributed by atoms with Crippen LogP contribution in [-0.2, 0) is 4.79 Å². The van der Waals surface area contributed by atoms with Gasteiger partial charge in [0, 0.05) is 12.4 Å². The van der Waals surface area contributed by atoms with Gasteiger partial charge in [-0.3, -0.25) is 0 Å². The highest BCUT2D eigenvalue weighted by molar-refractivity contribution is 5.64. The Hall–Kier alpha value is -0.610. The van der Waals surface area contributed by atoms with Gasteiger partial charge >= 0.3 is 0 Å². The Balaban J connectivity index is 3.40. The SMILES string of the molecule is CCCCCCCCCCCCCCCCC(O)C[N+](C)(C)CCCC(=O)[O-]. The molecular weight excluding hydrogens is 350 g/mol. The standard InChI is InChI=1S/C24H49NO3/c1-4-5-6-7-8-9-10-11-12-13-14-15-16-17-19-23(26)22-25(2,3)21-18-20-24(27)28/h23,26H,4-22H2,1-3H3. The number of carboxylic acids is 1. The Morgan fingerprint density at radius 2 is 1.21 bits per heavy atom. The van der Waals surface area contributed by atoms with Crippen molar-refractivity contribution in [3.8, 4) is 0 Å². The lowest BCUT2D eigenvalue weighted by Crippen LogP contribution is -2.46. The van der Waals surface area contributed by atoms with Crippen molar-refractivity contribution in [2.75, 3.05) is 27.2 Å². The average molecular weight is 400 g/mol. The summed E-state index contributed by atoms with van der Waals surface area (Å²) in [5, 5.41) is 20.7. The minimum Gasteiger partial charge on any atom is -0.550 e. The maximum Gasteiger partial charge on any atom is 0.105 e. The van der Waals surface area contributed by atoms with Crippen LogP contribution in [0.5, 0.6) is 0 Å². The summed E-state index contributed by atoms with van der Waals surface area (Å²) in [6.45, 7) is 3.74. The number of quaternary nitrogens is 1. The van der Waals surface area contributed by atoms with E-state index in [0.717, 1.165) is 19.4 Å². The molecule has 0 rings (SSSR count). The molecule has 1 N–H and O–H groups in total. The molecule has 0 fully saturated rings. The minimum atomic E-state index is -0.983. The summed E-state index contributed by atoms with van der Waals surface area (Å²) >= 11 is 0. The van der Waals surface area contributed by atoms with Crippen LogP contribution in [0.4, 0.5) is 0 Å². The molecule has 0 heterocycles. The van der Waals surface area contributed by atoms with Crippen molar-refractivity contribution in [3.63, 3.8) is 0 Å². The predicted octanol–water partition coefficient (Wildman–Crippen LogP) is 4.83. The largest absolute Gasteiger partial charge is 0.550 e. The van der Waals surface area contributed by atoms with Gasteiger partial charge in [0.15, 0.2) is 0 Å². The quantitative estimate of drug-likeness (QED) is 0.222.